The van der Waals surface area contributed by atoms with Gasteiger partial charge in [-0.05, 0) is 81.0 Å². The van der Waals surface area contributed by atoms with E-state index in [9.17, 15) is 9.65 Å². The van der Waals surface area contributed by atoms with Gasteiger partial charge in [0, 0.05) is 41.6 Å². The fraction of sp³-hybridized carbons (Fsp3) is 0.351. The zero-order valence-electron chi connectivity index (χ0n) is 27.7. The lowest BCUT2D eigenvalue weighted by molar-refractivity contribution is 0.0866. The number of benzene rings is 3. The average Bonchev–Trinajstić information content (AvgIpc) is 3.55. The predicted molar refractivity (Wildman–Crippen MR) is 192 cm³/mol. The number of hydrogen-bond acceptors (Lipinski definition) is 7. The Kier molecular flexibility index (Phi) is 9.62. The summed E-state index contributed by atoms with van der Waals surface area (Å²) in [4.78, 5) is 7.01. The maximum absolute atomic E-state index is 13.9. The van der Waals surface area contributed by atoms with Gasteiger partial charge in [0.1, 0.15) is 17.6 Å². The molecule has 0 radical (unpaired) electrons. The summed E-state index contributed by atoms with van der Waals surface area (Å²) in [6.07, 6.45) is 5.54. The number of likely N-dealkylation sites (tertiary alicyclic amines) is 1. The third-order valence-corrected chi connectivity index (χ3v) is 9.64. The molecule has 2 N–H and O–H groups in total. The standard InChI is InChI=1S/C37H39Cl2FN8/c1-22(2)23-7-6-8-24(15-23)35(33-21-48(46-45-33)28-11-13-47(14-12-28)37(3,4)5)44-27-16-29-34(43-26-9-10-32(40)30(38)17-26)25(19-41)20-42-36(29)31(39)18-27/h6-10,15-18,20-22,28,35,44H,11-14H2,1-5H3,(H,42,43)/t35-/m0/s1. The second-order valence-corrected chi connectivity index (χ2v) is 14.5. The van der Waals surface area contributed by atoms with E-state index in [1.54, 1.807) is 6.07 Å². The number of piperidine rings is 1. The summed E-state index contributed by atoms with van der Waals surface area (Å²) in [5.74, 6) is -0.190. The molecule has 5 aromatic rings. The number of nitriles is 1. The van der Waals surface area contributed by atoms with Crippen molar-refractivity contribution in [1.82, 2.24) is 24.9 Å². The van der Waals surface area contributed by atoms with Crippen LogP contribution in [-0.2, 0) is 0 Å². The molecule has 248 valence electrons. The van der Waals surface area contributed by atoms with Gasteiger partial charge in [-0.3, -0.25) is 9.88 Å². The van der Waals surface area contributed by atoms with Crippen LogP contribution in [0.4, 0.5) is 21.5 Å². The molecule has 3 heterocycles. The lowest BCUT2D eigenvalue weighted by Gasteiger charge is -2.40. The quantitative estimate of drug-likeness (QED) is 0.168. The van der Waals surface area contributed by atoms with Crippen LogP contribution in [0.1, 0.15) is 87.8 Å². The summed E-state index contributed by atoms with van der Waals surface area (Å²) >= 11 is 12.9. The van der Waals surface area contributed by atoms with Gasteiger partial charge in [-0.2, -0.15) is 5.26 Å². The highest BCUT2D eigenvalue weighted by molar-refractivity contribution is 6.36. The van der Waals surface area contributed by atoms with Crippen LogP contribution in [0.2, 0.25) is 10.0 Å². The second-order valence-electron chi connectivity index (χ2n) is 13.7. The van der Waals surface area contributed by atoms with Gasteiger partial charge in [-0.15, -0.1) is 5.10 Å². The van der Waals surface area contributed by atoms with E-state index in [0.717, 1.165) is 37.2 Å². The van der Waals surface area contributed by atoms with E-state index in [0.29, 0.717) is 44.5 Å². The summed E-state index contributed by atoms with van der Waals surface area (Å²) in [7, 11) is 0. The fourth-order valence-corrected chi connectivity index (χ4v) is 6.72. The van der Waals surface area contributed by atoms with E-state index in [1.165, 1.54) is 23.9 Å². The zero-order chi connectivity index (χ0) is 34.2. The molecule has 6 rings (SSSR count). The van der Waals surface area contributed by atoms with Gasteiger partial charge in [0.05, 0.1) is 45.1 Å². The van der Waals surface area contributed by atoms with Crippen LogP contribution in [0.3, 0.4) is 0 Å². The van der Waals surface area contributed by atoms with Crippen molar-refractivity contribution in [1.29, 1.82) is 5.26 Å². The number of nitrogens with zero attached hydrogens (tertiary/aromatic N) is 6. The number of aromatic nitrogens is 4. The fourth-order valence-electron chi connectivity index (χ4n) is 6.28. The Balaban J connectivity index is 1.39. The third-order valence-electron chi connectivity index (χ3n) is 9.07. The van der Waals surface area contributed by atoms with Crippen molar-refractivity contribution >= 4 is 51.2 Å². The molecule has 0 unspecified atom stereocenters. The van der Waals surface area contributed by atoms with Gasteiger partial charge in [-0.1, -0.05) is 66.5 Å². The van der Waals surface area contributed by atoms with Crippen molar-refractivity contribution in [3.8, 4) is 6.07 Å². The number of halogens is 3. The molecule has 0 spiro atoms. The molecule has 48 heavy (non-hydrogen) atoms. The molecular formula is C37H39Cl2FN8. The number of pyridine rings is 1. The lowest BCUT2D eigenvalue weighted by atomic mass is 9.96. The SMILES string of the molecule is CC(C)c1cccc([C@H](Nc2cc(Cl)c3ncc(C#N)c(Nc4ccc(F)c(Cl)c4)c3c2)c2cn(C3CCN(C(C)(C)C)CC3)nn2)c1. The highest BCUT2D eigenvalue weighted by Crippen LogP contribution is 2.38. The van der Waals surface area contributed by atoms with Crippen molar-refractivity contribution in [2.24, 2.45) is 0 Å². The Bertz CT molecular complexity index is 1990. The molecular weight excluding hydrogens is 646 g/mol. The second kappa shape index (κ2) is 13.7. The van der Waals surface area contributed by atoms with Crippen LogP contribution < -0.4 is 10.6 Å². The Morgan fingerprint density at radius 3 is 2.40 bits per heavy atom. The van der Waals surface area contributed by atoms with Crippen molar-refractivity contribution in [2.45, 2.75) is 71.0 Å². The first-order chi connectivity index (χ1) is 22.9. The van der Waals surface area contributed by atoms with E-state index in [2.05, 4.69) is 96.9 Å². The molecule has 0 saturated carbocycles. The van der Waals surface area contributed by atoms with Crippen molar-refractivity contribution < 1.29 is 4.39 Å². The summed E-state index contributed by atoms with van der Waals surface area (Å²) < 4.78 is 15.9. The molecule has 1 aliphatic heterocycles. The Hall–Kier alpha value is -4.23. The van der Waals surface area contributed by atoms with Crippen LogP contribution in [0.5, 0.6) is 0 Å². The summed E-state index contributed by atoms with van der Waals surface area (Å²) in [5.41, 5.74) is 5.71. The van der Waals surface area contributed by atoms with Crippen LogP contribution in [-0.4, -0.2) is 43.5 Å². The molecule has 8 nitrogen and oxygen atoms in total. The predicted octanol–water partition coefficient (Wildman–Crippen LogP) is 9.65. The number of rotatable bonds is 8. The molecule has 11 heteroatoms. The largest absolute Gasteiger partial charge is 0.373 e. The molecule has 1 saturated heterocycles. The first kappa shape index (κ1) is 33.7. The maximum atomic E-state index is 13.9. The van der Waals surface area contributed by atoms with E-state index in [1.807, 2.05) is 16.8 Å². The van der Waals surface area contributed by atoms with Crippen LogP contribution in [0.25, 0.3) is 10.9 Å². The molecule has 1 atom stereocenters. The molecule has 1 aliphatic rings. The number of hydrogen-bond donors (Lipinski definition) is 2. The van der Waals surface area contributed by atoms with E-state index < -0.39 is 5.82 Å². The van der Waals surface area contributed by atoms with E-state index >= 15 is 0 Å². The number of fused-ring (bicyclic) bond motifs is 1. The van der Waals surface area contributed by atoms with Gasteiger partial charge in [0.2, 0.25) is 0 Å². The summed E-state index contributed by atoms with van der Waals surface area (Å²) in [6, 6.07) is 18.7. The van der Waals surface area contributed by atoms with Gasteiger partial charge in [0.25, 0.3) is 0 Å². The van der Waals surface area contributed by atoms with Gasteiger partial charge < -0.3 is 10.6 Å². The van der Waals surface area contributed by atoms with Gasteiger partial charge >= 0.3 is 0 Å². The van der Waals surface area contributed by atoms with Crippen LogP contribution in [0, 0.1) is 17.1 Å². The minimum Gasteiger partial charge on any atom is -0.373 e. The molecule has 3 aromatic carbocycles. The van der Waals surface area contributed by atoms with Crippen molar-refractivity contribution in [2.75, 3.05) is 23.7 Å². The van der Waals surface area contributed by atoms with E-state index in [4.69, 9.17) is 28.3 Å². The summed E-state index contributed by atoms with van der Waals surface area (Å²) in [6.45, 7) is 13.1. The third kappa shape index (κ3) is 7.12. The normalized spacial score (nSPS) is 15.1. The minimum absolute atomic E-state index is 0.0310. The average molecular weight is 686 g/mol. The molecule has 0 amide bonds. The topological polar surface area (TPSA) is 94.7 Å². The Morgan fingerprint density at radius 2 is 1.71 bits per heavy atom. The monoisotopic (exact) mass is 684 g/mol. The van der Waals surface area contributed by atoms with Gasteiger partial charge in [0.15, 0.2) is 0 Å². The highest BCUT2D eigenvalue weighted by atomic mass is 35.5. The highest BCUT2D eigenvalue weighted by Gasteiger charge is 2.29. The molecule has 0 bridgehead atoms. The first-order valence-electron chi connectivity index (χ1n) is 16.2. The van der Waals surface area contributed by atoms with Crippen LogP contribution in [0.15, 0.2) is 67.0 Å². The Labute approximate surface area is 290 Å². The van der Waals surface area contributed by atoms with Crippen molar-refractivity contribution in [3.63, 3.8) is 0 Å². The molecule has 0 aliphatic carbocycles. The lowest BCUT2D eigenvalue weighted by Crippen LogP contribution is -2.46. The van der Waals surface area contributed by atoms with Crippen molar-refractivity contribution in [3.05, 3.63) is 105 Å². The van der Waals surface area contributed by atoms with Crippen LogP contribution >= 0.6 is 23.2 Å². The first-order valence-corrected chi connectivity index (χ1v) is 16.9. The number of anilines is 3. The summed E-state index contributed by atoms with van der Waals surface area (Å²) in [5, 5.41) is 27.2. The smallest absolute Gasteiger partial charge is 0.141 e. The van der Waals surface area contributed by atoms with Gasteiger partial charge in [-0.25, -0.2) is 9.07 Å². The minimum atomic E-state index is -0.531. The molecule has 1 fully saturated rings. The molecule has 2 aromatic heterocycles. The Morgan fingerprint density at radius 1 is 0.979 bits per heavy atom. The van der Waals surface area contributed by atoms with E-state index in [-0.39, 0.29) is 22.6 Å². The zero-order valence-corrected chi connectivity index (χ0v) is 29.2. The number of nitrogens with one attached hydrogen (secondary N) is 2. The maximum Gasteiger partial charge on any atom is 0.141 e.